The molecule has 0 unspecified atom stereocenters. The van der Waals surface area contributed by atoms with Crippen LogP contribution in [-0.4, -0.2) is 41.6 Å². The Hall–Kier alpha value is -3.48. The number of nitrogens with zero attached hydrogens (tertiary/aromatic N) is 1. The molecule has 0 bridgehead atoms. The highest BCUT2D eigenvalue weighted by Gasteiger charge is 2.54. The van der Waals surface area contributed by atoms with Gasteiger partial charge in [-0.3, -0.25) is 19.3 Å². The van der Waals surface area contributed by atoms with Gasteiger partial charge in [-0.15, -0.1) is 0 Å². The first-order chi connectivity index (χ1) is 15.4. The average Bonchev–Trinajstić information content (AvgIpc) is 3.02. The molecule has 1 aliphatic carbocycles. The molecule has 7 heteroatoms. The molecule has 0 aromatic heterocycles. The molecule has 2 aromatic carbocycles. The highest BCUT2D eigenvalue weighted by Crippen LogP contribution is 2.39. The van der Waals surface area contributed by atoms with Crippen molar-refractivity contribution in [1.29, 1.82) is 0 Å². The molecule has 0 saturated carbocycles. The largest absolute Gasteiger partial charge is 0.356 e. The highest BCUT2D eigenvalue weighted by atomic mass is 16.2. The van der Waals surface area contributed by atoms with Crippen LogP contribution in [0.15, 0.2) is 48.5 Å². The van der Waals surface area contributed by atoms with Crippen molar-refractivity contribution in [2.75, 3.05) is 13.1 Å². The summed E-state index contributed by atoms with van der Waals surface area (Å²) in [6, 6.07) is 14.3. The molecule has 2 aliphatic rings. The van der Waals surface area contributed by atoms with Gasteiger partial charge in [0.2, 0.25) is 5.91 Å². The first-order valence-corrected chi connectivity index (χ1v) is 11.0. The second kappa shape index (κ2) is 8.94. The van der Waals surface area contributed by atoms with Crippen LogP contribution in [0.4, 0.5) is 4.79 Å². The van der Waals surface area contributed by atoms with Gasteiger partial charge in [0.15, 0.2) is 5.78 Å². The lowest BCUT2D eigenvalue weighted by Crippen LogP contribution is -2.46. The lowest BCUT2D eigenvalue weighted by molar-refractivity contribution is -0.131. The molecule has 4 amide bonds. The predicted molar refractivity (Wildman–Crippen MR) is 119 cm³/mol. The fraction of sp³-hybridized carbons (Fsp3) is 0.360. The Morgan fingerprint density at radius 3 is 2.59 bits per heavy atom. The first kappa shape index (κ1) is 21.7. The van der Waals surface area contributed by atoms with Crippen LogP contribution in [0.1, 0.15) is 53.2 Å². The molecule has 1 heterocycles. The van der Waals surface area contributed by atoms with Gasteiger partial charge in [-0.2, -0.15) is 0 Å². The molecule has 1 spiro atoms. The highest BCUT2D eigenvalue weighted by molar-refractivity contribution is 6.11. The zero-order valence-corrected chi connectivity index (χ0v) is 18.1. The number of urea groups is 1. The van der Waals surface area contributed by atoms with Crippen molar-refractivity contribution >= 4 is 23.6 Å². The van der Waals surface area contributed by atoms with Crippen molar-refractivity contribution in [3.8, 4) is 0 Å². The van der Waals surface area contributed by atoms with Crippen molar-refractivity contribution < 1.29 is 19.2 Å². The number of benzene rings is 2. The van der Waals surface area contributed by atoms with Crippen LogP contribution in [-0.2, 0) is 28.0 Å². The van der Waals surface area contributed by atoms with Crippen molar-refractivity contribution in [3.05, 3.63) is 70.8 Å². The van der Waals surface area contributed by atoms with Crippen LogP contribution in [0.2, 0.25) is 0 Å². The zero-order valence-electron chi connectivity index (χ0n) is 18.1. The molecular formula is C25H27N3O4. The van der Waals surface area contributed by atoms with Crippen LogP contribution in [0, 0.1) is 0 Å². The summed E-state index contributed by atoms with van der Waals surface area (Å²) in [5, 5.41) is 5.64. The molecule has 32 heavy (non-hydrogen) atoms. The number of hydrogen-bond donors (Lipinski definition) is 2. The molecule has 7 nitrogen and oxygen atoms in total. The van der Waals surface area contributed by atoms with E-state index in [1.807, 2.05) is 36.4 Å². The third-order valence-electron chi connectivity index (χ3n) is 6.24. The summed E-state index contributed by atoms with van der Waals surface area (Å²) in [6.07, 6.45) is 3.79. The number of nitrogens with one attached hydrogen (secondary N) is 2. The Kier molecular flexibility index (Phi) is 6.08. The van der Waals surface area contributed by atoms with E-state index >= 15 is 0 Å². The van der Waals surface area contributed by atoms with E-state index in [1.165, 1.54) is 6.92 Å². The SMILES string of the molecule is CC(=O)NCCCc1ccc(C(=O)CN2C(=O)N[C@@]3(CCCc4ccccc43)C2=O)cc1. The predicted octanol–water partition coefficient (Wildman–Crippen LogP) is 2.72. The summed E-state index contributed by atoms with van der Waals surface area (Å²) in [5.41, 5.74) is 2.35. The van der Waals surface area contributed by atoms with E-state index in [2.05, 4.69) is 10.6 Å². The van der Waals surface area contributed by atoms with E-state index in [0.717, 1.165) is 47.3 Å². The molecule has 1 fully saturated rings. The third-order valence-corrected chi connectivity index (χ3v) is 6.24. The summed E-state index contributed by atoms with van der Waals surface area (Å²) < 4.78 is 0. The average molecular weight is 434 g/mol. The molecule has 166 valence electrons. The van der Waals surface area contributed by atoms with E-state index in [-0.39, 0.29) is 24.1 Å². The van der Waals surface area contributed by atoms with E-state index in [4.69, 9.17) is 0 Å². The molecule has 2 aromatic rings. The number of carbonyl (C=O) groups is 4. The fourth-order valence-corrected chi connectivity index (χ4v) is 4.60. The molecule has 1 saturated heterocycles. The minimum atomic E-state index is -1.07. The van der Waals surface area contributed by atoms with Gasteiger partial charge >= 0.3 is 6.03 Å². The van der Waals surface area contributed by atoms with Crippen molar-refractivity contribution in [2.24, 2.45) is 0 Å². The molecule has 1 aliphatic heterocycles. The quantitative estimate of drug-likeness (QED) is 0.399. The fourth-order valence-electron chi connectivity index (χ4n) is 4.60. The molecule has 4 rings (SSSR count). The maximum absolute atomic E-state index is 13.3. The number of imide groups is 1. The van der Waals surface area contributed by atoms with Gasteiger partial charge < -0.3 is 10.6 Å². The Morgan fingerprint density at radius 2 is 1.84 bits per heavy atom. The summed E-state index contributed by atoms with van der Waals surface area (Å²) in [4.78, 5) is 50.8. The second-order valence-electron chi connectivity index (χ2n) is 8.44. The second-order valence-corrected chi connectivity index (χ2v) is 8.44. The van der Waals surface area contributed by atoms with E-state index in [0.29, 0.717) is 18.5 Å². The number of ketones is 1. The minimum Gasteiger partial charge on any atom is -0.356 e. The van der Waals surface area contributed by atoms with Crippen LogP contribution in [0.3, 0.4) is 0 Å². The minimum absolute atomic E-state index is 0.0510. The number of Topliss-reactive ketones (excluding diaryl/α,β-unsaturated/α-hetero) is 1. The van der Waals surface area contributed by atoms with E-state index in [9.17, 15) is 19.2 Å². The van der Waals surface area contributed by atoms with Gasteiger partial charge in [0.25, 0.3) is 5.91 Å². The first-order valence-electron chi connectivity index (χ1n) is 11.0. The Balaban J connectivity index is 1.42. The number of amides is 4. The van der Waals surface area contributed by atoms with Crippen LogP contribution < -0.4 is 10.6 Å². The van der Waals surface area contributed by atoms with Gasteiger partial charge in [-0.1, -0.05) is 48.5 Å². The Bertz CT molecular complexity index is 1060. The maximum atomic E-state index is 13.3. The molecule has 2 N–H and O–H groups in total. The lowest BCUT2D eigenvalue weighted by atomic mass is 9.76. The number of aryl methyl sites for hydroxylation is 2. The zero-order chi connectivity index (χ0) is 22.7. The lowest BCUT2D eigenvalue weighted by Gasteiger charge is -2.33. The molecule has 1 atom stereocenters. The Morgan fingerprint density at radius 1 is 1.09 bits per heavy atom. The van der Waals surface area contributed by atoms with Crippen molar-refractivity contribution in [3.63, 3.8) is 0 Å². The van der Waals surface area contributed by atoms with E-state index in [1.54, 1.807) is 12.1 Å². The van der Waals surface area contributed by atoms with Gasteiger partial charge in [0, 0.05) is 19.0 Å². The summed E-state index contributed by atoms with van der Waals surface area (Å²) in [6.45, 7) is 1.81. The van der Waals surface area contributed by atoms with Crippen molar-refractivity contribution in [2.45, 2.75) is 44.6 Å². The van der Waals surface area contributed by atoms with Crippen molar-refractivity contribution in [1.82, 2.24) is 15.5 Å². The smallest absolute Gasteiger partial charge is 0.325 e. The van der Waals surface area contributed by atoms with Gasteiger partial charge in [0.05, 0.1) is 6.54 Å². The normalized spacial score (nSPS) is 19.6. The Labute approximate surface area is 187 Å². The summed E-state index contributed by atoms with van der Waals surface area (Å²) in [5.74, 6) is -0.679. The number of hydrogen-bond acceptors (Lipinski definition) is 4. The van der Waals surface area contributed by atoms with Gasteiger partial charge in [0.1, 0.15) is 5.54 Å². The van der Waals surface area contributed by atoms with Crippen LogP contribution in [0.25, 0.3) is 0 Å². The number of carbonyl (C=O) groups excluding carboxylic acids is 4. The number of fused-ring (bicyclic) bond motifs is 2. The third kappa shape index (κ3) is 4.15. The summed E-state index contributed by atoms with van der Waals surface area (Å²) >= 11 is 0. The van der Waals surface area contributed by atoms with Gasteiger partial charge in [-0.05, 0) is 48.8 Å². The van der Waals surface area contributed by atoms with Crippen LogP contribution >= 0.6 is 0 Å². The molecule has 0 radical (unpaired) electrons. The van der Waals surface area contributed by atoms with Gasteiger partial charge in [-0.25, -0.2) is 4.79 Å². The van der Waals surface area contributed by atoms with E-state index < -0.39 is 11.6 Å². The maximum Gasteiger partial charge on any atom is 0.325 e. The monoisotopic (exact) mass is 433 g/mol. The molecular weight excluding hydrogens is 406 g/mol. The summed E-state index contributed by atoms with van der Waals surface area (Å²) in [7, 11) is 0. The standard InChI is InChI=1S/C25H27N3O4/c1-17(29)26-15-5-6-18-10-12-20(13-11-18)22(30)16-28-23(31)25(27-24(28)32)14-4-8-19-7-2-3-9-21(19)25/h2-3,7,9-13H,4-6,8,14-16H2,1H3,(H,26,29)(H,27,32)/t25-/m1/s1. The topological polar surface area (TPSA) is 95.6 Å². The number of rotatable bonds is 7. The van der Waals surface area contributed by atoms with Crippen LogP contribution in [0.5, 0.6) is 0 Å².